The first-order valence-corrected chi connectivity index (χ1v) is 15.2. The number of benzene rings is 2. The molecular weight excluding hydrogens is 667 g/mol. The highest BCUT2D eigenvalue weighted by Crippen LogP contribution is 2.38. The van der Waals surface area contributed by atoms with E-state index in [0.29, 0.717) is 76.5 Å². The average Bonchev–Trinajstić information content (AvgIpc) is 3.17. The molecule has 0 atom stereocenters. The van der Waals surface area contributed by atoms with Crippen LogP contribution in [0.25, 0.3) is 43.6 Å². The predicted octanol–water partition coefficient (Wildman–Crippen LogP) is 5.08. The lowest BCUT2D eigenvalue weighted by atomic mass is 10.1. The third kappa shape index (κ3) is 8.45. The van der Waals surface area contributed by atoms with Crippen molar-refractivity contribution in [1.29, 1.82) is 0 Å². The summed E-state index contributed by atoms with van der Waals surface area (Å²) in [6.07, 6.45) is 3.29. The number of aromatic amines is 1. The first kappa shape index (κ1) is 36.4. The van der Waals surface area contributed by atoms with Crippen LogP contribution in [0.5, 0.6) is 17.2 Å². The van der Waals surface area contributed by atoms with E-state index in [1.807, 2.05) is 24.3 Å². The summed E-state index contributed by atoms with van der Waals surface area (Å²) in [4.78, 5) is 52.4. The summed E-state index contributed by atoms with van der Waals surface area (Å²) < 4.78 is 52.0. The molecule has 0 aliphatic rings. The van der Waals surface area contributed by atoms with Crippen molar-refractivity contribution >= 4 is 55.6 Å². The summed E-state index contributed by atoms with van der Waals surface area (Å²) in [5.74, 6) is 0.303. The quantitative estimate of drug-likeness (QED) is 0.108. The Hall–Kier alpha value is -5.93. The number of fused-ring (bicyclic) bond motifs is 6. The van der Waals surface area contributed by atoms with Crippen molar-refractivity contribution in [2.24, 2.45) is 0 Å². The molecule has 15 heteroatoms. The van der Waals surface area contributed by atoms with Gasteiger partial charge in [0.05, 0.1) is 70.4 Å². The number of aromatic nitrogens is 4. The first-order valence-electron chi connectivity index (χ1n) is 15.9. The molecule has 14 nitrogen and oxygen atoms in total. The summed E-state index contributed by atoms with van der Waals surface area (Å²) in [7, 11) is 6.27. The third-order valence-electron chi connectivity index (χ3n) is 7.33. The summed E-state index contributed by atoms with van der Waals surface area (Å²) >= 11 is 0. The lowest BCUT2D eigenvalue weighted by molar-refractivity contribution is 0.0585. The molecule has 4 heterocycles. The number of pyridine rings is 4. The maximum atomic E-state index is 12.6. The standard InChI is InChI=1S/C18H18N2O5.C17H16N2O5.CH3F/c1-22-7-8-25-14-9-11-5-4-6-19-16(11)17-15(14)13(23-2)10-12(20-17)18(21)24-3;1-22-6-7-24-13-8-10-4-3-5-18-15(10)16-14(13)12(20)9-11(19-16)17(21)23-2;1-2/h4-6,9-10H,7-8H2,1-3H3;3-5,8-9H,6-7H2,1-2H3,(H,19,20);1H3/i;;1D. The second-order valence-electron chi connectivity index (χ2n) is 10.3. The molecule has 0 bridgehead atoms. The second-order valence-corrected chi connectivity index (χ2v) is 10.3. The molecule has 0 unspecified atom stereocenters. The fourth-order valence-corrected chi connectivity index (χ4v) is 5.10. The number of alkyl halides is 1. The molecule has 0 saturated heterocycles. The van der Waals surface area contributed by atoms with Crippen LogP contribution in [0.2, 0.25) is 0 Å². The number of ether oxygens (including phenoxy) is 7. The average molecular weight is 706 g/mol. The number of nitrogens with zero attached hydrogens (tertiary/aromatic N) is 3. The van der Waals surface area contributed by atoms with Gasteiger partial charge in [-0.05, 0) is 24.3 Å². The van der Waals surface area contributed by atoms with Crippen molar-refractivity contribution in [3.63, 3.8) is 0 Å². The Balaban J connectivity index is 0.000000217. The van der Waals surface area contributed by atoms with Crippen LogP contribution >= 0.6 is 0 Å². The number of rotatable bonds is 11. The summed E-state index contributed by atoms with van der Waals surface area (Å²) in [5, 5.41) is 2.62. The highest BCUT2D eigenvalue weighted by atomic mass is 19.1. The minimum Gasteiger partial charge on any atom is -0.496 e. The number of H-pyrrole nitrogens is 1. The summed E-state index contributed by atoms with van der Waals surface area (Å²) in [5.41, 5.74) is 2.06. The van der Waals surface area contributed by atoms with Gasteiger partial charge in [-0.2, -0.15) is 0 Å². The highest BCUT2D eigenvalue weighted by molar-refractivity contribution is 6.10. The van der Waals surface area contributed by atoms with E-state index in [4.69, 9.17) is 29.8 Å². The van der Waals surface area contributed by atoms with Gasteiger partial charge in [-0.1, -0.05) is 12.1 Å². The summed E-state index contributed by atoms with van der Waals surface area (Å²) in [6, 6.07) is 13.7. The van der Waals surface area contributed by atoms with E-state index in [-0.39, 0.29) is 16.8 Å². The fraction of sp³-hybridized carbons (Fsp3) is 0.278. The van der Waals surface area contributed by atoms with Gasteiger partial charge in [0.1, 0.15) is 41.7 Å². The Bertz CT molecular complexity index is 2230. The van der Waals surface area contributed by atoms with Gasteiger partial charge < -0.3 is 38.1 Å². The van der Waals surface area contributed by atoms with Gasteiger partial charge in [0, 0.05) is 49.5 Å². The second kappa shape index (κ2) is 18.2. The smallest absolute Gasteiger partial charge is 0.356 e. The fourth-order valence-electron chi connectivity index (χ4n) is 5.10. The molecule has 2 aromatic carbocycles. The lowest BCUT2D eigenvalue weighted by Gasteiger charge is -2.14. The molecule has 51 heavy (non-hydrogen) atoms. The third-order valence-corrected chi connectivity index (χ3v) is 7.33. The zero-order valence-electron chi connectivity index (χ0n) is 29.6. The van der Waals surface area contributed by atoms with Crippen molar-refractivity contribution in [2.75, 3.05) is 69.1 Å². The molecule has 0 radical (unpaired) electrons. The molecule has 0 fully saturated rings. The zero-order chi connectivity index (χ0) is 37.6. The van der Waals surface area contributed by atoms with Crippen LogP contribution in [0.1, 0.15) is 22.3 Å². The van der Waals surface area contributed by atoms with Crippen LogP contribution in [0.3, 0.4) is 0 Å². The van der Waals surface area contributed by atoms with E-state index < -0.39 is 19.1 Å². The van der Waals surface area contributed by atoms with Crippen LogP contribution in [-0.2, 0) is 18.9 Å². The van der Waals surface area contributed by atoms with Crippen molar-refractivity contribution in [1.82, 2.24) is 19.9 Å². The molecule has 6 rings (SSSR count). The van der Waals surface area contributed by atoms with E-state index in [2.05, 4.69) is 24.7 Å². The van der Waals surface area contributed by atoms with E-state index in [0.717, 1.165) is 10.8 Å². The summed E-state index contributed by atoms with van der Waals surface area (Å²) in [6.45, 7) is 1.52. The number of halogens is 1. The zero-order valence-corrected chi connectivity index (χ0v) is 28.6. The van der Waals surface area contributed by atoms with Crippen LogP contribution in [0.15, 0.2) is 65.7 Å². The molecule has 0 aliphatic heterocycles. The minimum absolute atomic E-state index is 0.0657. The van der Waals surface area contributed by atoms with Crippen LogP contribution < -0.4 is 19.6 Å². The molecular formula is C36H37FN4O10. The number of esters is 2. The molecule has 6 aromatic rings. The predicted molar refractivity (Wildman–Crippen MR) is 188 cm³/mol. The minimum atomic E-state index is -1.00. The maximum Gasteiger partial charge on any atom is 0.356 e. The van der Waals surface area contributed by atoms with Gasteiger partial charge in [0.2, 0.25) is 0 Å². The van der Waals surface area contributed by atoms with Gasteiger partial charge in [-0.15, -0.1) is 0 Å². The SMILES string of the molecule is COCCOc1cc2cccnc2c2[nH]c(C(=O)OC)cc(=O)c12.COCCOc1cc2cccnc2c2nc(C(=O)OC)cc(OC)c12.[2H]CF. The highest BCUT2D eigenvalue weighted by Gasteiger charge is 2.20. The van der Waals surface area contributed by atoms with Crippen molar-refractivity contribution in [2.45, 2.75) is 0 Å². The largest absolute Gasteiger partial charge is 0.496 e. The van der Waals surface area contributed by atoms with Gasteiger partial charge in [0.25, 0.3) is 0 Å². The monoisotopic (exact) mass is 705 g/mol. The molecule has 0 spiro atoms. The van der Waals surface area contributed by atoms with Gasteiger partial charge >= 0.3 is 11.9 Å². The van der Waals surface area contributed by atoms with E-state index in [1.165, 1.54) is 33.5 Å². The Morgan fingerprint density at radius 2 is 1.31 bits per heavy atom. The first-order chi connectivity index (χ1) is 25.3. The number of carbonyl (C=O) groups excluding carboxylic acids is 2. The molecule has 268 valence electrons. The Morgan fingerprint density at radius 3 is 1.88 bits per heavy atom. The van der Waals surface area contributed by atoms with Gasteiger partial charge in [-0.3, -0.25) is 19.2 Å². The Labute approximate surface area is 292 Å². The number of carbonyl (C=O) groups is 2. The number of methoxy groups -OCH3 is 5. The Kier molecular flexibility index (Phi) is 13.0. The number of hydrogen-bond acceptors (Lipinski definition) is 13. The van der Waals surface area contributed by atoms with E-state index in [1.54, 1.807) is 38.7 Å². The van der Waals surface area contributed by atoms with Gasteiger partial charge in [0.15, 0.2) is 11.1 Å². The van der Waals surface area contributed by atoms with E-state index in [9.17, 15) is 18.8 Å². The normalized spacial score (nSPS) is 10.8. The molecule has 1 N–H and O–H groups in total. The van der Waals surface area contributed by atoms with Crippen molar-refractivity contribution in [3.05, 3.63) is 82.5 Å². The van der Waals surface area contributed by atoms with Gasteiger partial charge in [-0.25, -0.2) is 14.6 Å². The van der Waals surface area contributed by atoms with Crippen molar-refractivity contribution in [3.8, 4) is 17.2 Å². The maximum absolute atomic E-state index is 12.6. The molecule has 0 amide bonds. The number of hydrogen-bond donors (Lipinski definition) is 1. The van der Waals surface area contributed by atoms with Crippen molar-refractivity contribution < 1.29 is 48.5 Å². The van der Waals surface area contributed by atoms with Crippen LogP contribution in [0.4, 0.5) is 4.39 Å². The van der Waals surface area contributed by atoms with Crippen LogP contribution in [-0.4, -0.2) is 101 Å². The molecule has 0 saturated carbocycles. The lowest BCUT2D eigenvalue weighted by Crippen LogP contribution is -2.13. The Morgan fingerprint density at radius 1 is 0.745 bits per heavy atom. The van der Waals surface area contributed by atoms with E-state index >= 15 is 0 Å². The number of nitrogens with one attached hydrogen (secondary N) is 1. The van der Waals surface area contributed by atoms with Crippen LogP contribution in [0, 0.1) is 0 Å². The topological polar surface area (TPSA) is 170 Å². The molecule has 4 aromatic heterocycles. The molecule has 0 aliphatic carbocycles.